The van der Waals surface area contributed by atoms with Gasteiger partial charge in [-0.05, 0) is 57.8 Å². The second kappa shape index (κ2) is 46.7. The fourth-order valence-electron chi connectivity index (χ4n) is 6.86. The van der Waals surface area contributed by atoms with Crippen LogP contribution >= 0.6 is 7.82 Å². The van der Waals surface area contributed by atoms with Crippen molar-refractivity contribution in [1.82, 2.24) is 0 Å². The third-order valence-corrected chi connectivity index (χ3v) is 11.7. The molecule has 0 rings (SSSR count). The van der Waals surface area contributed by atoms with E-state index in [0.717, 1.165) is 70.6 Å². The van der Waals surface area contributed by atoms with Gasteiger partial charge < -0.3 is 25.2 Å². The molecule has 0 spiro atoms. The third-order valence-electron chi connectivity index (χ3n) is 10.8. The number of carbonyl (C=O) groups excluding carboxylic acids is 2. The summed E-state index contributed by atoms with van der Waals surface area (Å²) in [4.78, 5) is 46.2. The summed E-state index contributed by atoms with van der Waals surface area (Å²) in [7, 11) is -4.73. The molecule has 0 heterocycles. The van der Waals surface area contributed by atoms with Crippen LogP contribution < -0.4 is 5.73 Å². The Morgan fingerprint density at radius 2 is 0.875 bits per heavy atom. The molecule has 0 aliphatic carbocycles. The Bertz CT molecular complexity index is 1310. The van der Waals surface area contributed by atoms with Gasteiger partial charge in [-0.1, -0.05) is 209 Å². The molecule has 3 atom stereocenters. The Hall–Kier alpha value is -2.82. The minimum atomic E-state index is -4.73. The first-order chi connectivity index (χ1) is 31.1. The average Bonchev–Trinajstić information content (AvgIpc) is 3.27. The highest BCUT2D eigenvalue weighted by molar-refractivity contribution is 7.47. The number of allylic oxidation sites excluding steroid dienone is 10. The van der Waals surface area contributed by atoms with Crippen molar-refractivity contribution in [2.75, 3.05) is 19.8 Å². The van der Waals surface area contributed by atoms with Gasteiger partial charge in [0.1, 0.15) is 12.6 Å². The maximum absolute atomic E-state index is 12.7. The number of ether oxygens (including phenoxy) is 2. The number of carbonyl (C=O) groups is 3. The quantitative estimate of drug-likeness (QED) is 0.0230. The predicted octanol–water partition coefficient (Wildman–Crippen LogP) is 14.3. The first-order valence-electron chi connectivity index (χ1n) is 25.3. The lowest BCUT2D eigenvalue weighted by Crippen LogP contribution is -2.34. The highest BCUT2D eigenvalue weighted by atomic mass is 31.2. The summed E-state index contributed by atoms with van der Waals surface area (Å²) in [6, 6.07) is -1.53. The van der Waals surface area contributed by atoms with E-state index in [1.54, 1.807) is 0 Å². The van der Waals surface area contributed by atoms with Crippen LogP contribution in [0.1, 0.15) is 219 Å². The van der Waals surface area contributed by atoms with Crippen LogP contribution in [-0.2, 0) is 37.5 Å². The molecule has 0 saturated heterocycles. The van der Waals surface area contributed by atoms with E-state index in [1.807, 2.05) is 0 Å². The normalized spacial score (nSPS) is 14.1. The molecular formula is C52H92NO10P. The molecule has 0 aromatic carbocycles. The number of esters is 2. The topological polar surface area (TPSA) is 172 Å². The van der Waals surface area contributed by atoms with Crippen LogP contribution in [0.2, 0.25) is 0 Å². The fourth-order valence-corrected chi connectivity index (χ4v) is 7.64. The number of phosphoric acid groups is 1. The van der Waals surface area contributed by atoms with Gasteiger partial charge in [0.15, 0.2) is 6.10 Å². The molecule has 0 aliphatic rings. The summed E-state index contributed by atoms with van der Waals surface area (Å²) in [5.41, 5.74) is 5.35. The van der Waals surface area contributed by atoms with Gasteiger partial charge in [0, 0.05) is 12.8 Å². The summed E-state index contributed by atoms with van der Waals surface area (Å²) >= 11 is 0. The lowest BCUT2D eigenvalue weighted by molar-refractivity contribution is -0.161. The molecule has 12 heteroatoms. The number of unbranched alkanes of at least 4 members (excludes halogenated alkanes) is 23. The summed E-state index contributed by atoms with van der Waals surface area (Å²) in [5.74, 6) is -2.41. The zero-order valence-electron chi connectivity index (χ0n) is 40.4. The third kappa shape index (κ3) is 45.7. The van der Waals surface area contributed by atoms with E-state index < -0.39 is 51.1 Å². The molecule has 4 N–H and O–H groups in total. The standard InChI is InChI=1S/C52H92NO10P/c1-3-5-7-9-11-13-15-17-19-21-23-24-26-27-29-31-33-35-37-39-41-43-50(54)60-45-48(46-61-64(58,59)62-47-49(53)52(56)57)63-51(55)44-42-40-38-36-34-32-30-28-25-22-20-18-16-14-12-10-8-6-4-2/h6,8,12,14,18,20,25,28,32,34,48-49H,3-5,7,9-11,13,15-17,19,21-24,26-27,29-31,33,35-47,53H2,1-2H3,(H,56,57)(H,58,59)/b8-6-,14-12-,20-18-,28-25-,34-32-/t48-,49+/m1/s1. The van der Waals surface area contributed by atoms with E-state index in [1.165, 1.54) is 109 Å². The Kier molecular flexibility index (Phi) is 44.6. The molecule has 0 amide bonds. The number of hydrogen-bond donors (Lipinski definition) is 3. The van der Waals surface area contributed by atoms with Gasteiger partial charge in [0.25, 0.3) is 0 Å². The number of phosphoric ester groups is 1. The molecule has 0 aliphatic heterocycles. The van der Waals surface area contributed by atoms with E-state index in [0.29, 0.717) is 12.8 Å². The van der Waals surface area contributed by atoms with Gasteiger partial charge in [-0.3, -0.25) is 23.4 Å². The van der Waals surface area contributed by atoms with Crippen molar-refractivity contribution >= 4 is 25.7 Å². The van der Waals surface area contributed by atoms with Crippen molar-refractivity contribution in [3.8, 4) is 0 Å². The number of carboxylic acids is 1. The number of carboxylic acid groups (broad SMARTS) is 1. The van der Waals surface area contributed by atoms with Crippen LogP contribution in [0.4, 0.5) is 0 Å². The van der Waals surface area contributed by atoms with E-state index in [2.05, 4.69) is 79.1 Å². The highest BCUT2D eigenvalue weighted by Crippen LogP contribution is 2.43. The molecule has 370 valence electrons. The summed E-state index contributed by atoms with van der Waals surface area (Å²) in [6.45, 7) is 2.69. The molecule has 11 nitrogen and oxygen atoms in total. The monoisotopic (exact) mass is 922 g/mol. The van der Waals surface area contributed by atoms with Crippen LogP contribution in [0.5, 0.6) is 0 Å². The molecule has 0 radical (unpaired) electrons. The minimum Gasteiger partial charge on any atom is -0.480 e. The zero-order valence-corrected chi connectivity index (χ0v) is 41.3. The maximum atomic E-state index is 12.7. The Morgan fingerprint density at radius 3 is 1.31 bits per heavy atom. The minimum absolute atomic E-state index is 0.121. The molecular weight excluding hydrogens is 830 g/mol. The van der Waals surface area contributed by atoms with Crippen molar-refractivity contribution in [1.29, 1.82) is 0 Å². The molecule has 0 bridgehead atoms. The van der Waals surface area contributed by atoms with Gasteiger partial charge in [-0.15, -0.1) is 0 Å². The second-order valence-corrected chi connectivity index (χ2v) is 18.4. The van der Waals surface area contributed by atoms with Crippen molar-refractivity contribution in [3.05, 3.63) is 60.8 Å². The summed E-state index contributed by atoms with van der Waals surface area (Å²) < 4.78 is 32.8. The number of aliphatic carboxylic acids is 1. The largest absolute Gasteiger partial charge is 0.480 e. The predicted molar refractivity (Wildman–Crippen MR) is 263 cm³/mol. The van der Waals surface area contributed by atoms with Gasteiger partial charge >= 0.3 is 25.7 Å². The second-order valence-electron chi connectivity index (χ2n) is 16.9. The van der Waals surface area contributed by atoms with Crippen LogP contribution in [0, 0.1) is 0 Å². The number of hydrogen-bond acceptors (Lipinski definition) is 9. The van der Waals surface area contributed by atoms with Gasteiger partial charge in [0.2, 0.25) is 0 Å². The van der Waals surface area contributed by atoms with Gasteiger partial charge in [-0.2, -0.15) is 0 Å². The summed E-state index contributed by atoms with van der Waals surface area (Å²) in [5, 5.41) is 8.92. The highest BCUT2D eigenvalue weighted by Gasteiger charge is 2.28. The van der Waals surface area contributed by atoms with Gasteiger partial charge in [-0.25, -0.2) is 4.57 Å². The summed E-state index contributed by atoms with van der Waals surface area (Å²) in [6.07, 6.45) is 55.7. The molecule has 0 saturated carbocycles. The van der Waals surface area contributed by atoms with E-state index in [4.69, 9.17) is 24.8 Å². The molecule has 0 aromatic heterocycles. The van der Waals surface area contributed by atoms with Crippen molar-refractivity contribution < 1.29 is 47.5 Å². The van der Waals surface area contributed by atoms with Crippen LogP contribution in [-0.4, -0.2) is 59.9 Å². The van der Waals surface area contributed by atoms with E-state index in [9.17, 15) is 23.8 Å². The Labute approximate surface area is 389 Å². The first-order valence-corrected chi connectivity index (χ1v) is 26.8. The molecule has 0 fully saturated rings. The molecule has 0 aromatic rings. The van der Waals surface area contributed by atoms with E-state index in [-0.39, 0.29) is 19.4 Å². The Morgan fingerprint density at radius 1 is 0.500 bits per heavy atom. The zero-order chi connectivity index (χ0) is 47.0. The smallest absolute Gasteiger partial charge is 0.472 e. The van der Waals surface area contributed by atoms with E-state index >= 15 is 0 Å². The number of rotatable bonds is 47. The first kappa shape index (κ1) is 61.2. The average molecular weight is 922 g/mol. The lowest BCUT2D eigenvalue weighted by atomic mass is 10.0. The maximum Gasteiger partial charge on any atom is 0.472 e. The SMILES string of the molecule is CC/C=C\C/C=C\C/C=C\C/C=C\C/C=C\CCCCCC(=O)O[C@H](COC(=O)CCCCCCCCCCCCCCCCCCCCCCC)COP(=O)(O)OC[C@H](N)C(=O)O. The molecule has 1 unspecified atom stereocenters. The van der Waals surface area contributed by atoms with Crippen LogP contribution in [0.15, 0.2) is 60.8 Å². The van der Waals surface area contributed by atoms with Gasteiger partial charge in [0.05, 0.1) is 13.2 Å². The Balaban J connectivity index is 4.29. The van der Waals surface area contributed by atoms with Crippen molar-refractivity contribution in [2.24, 2.45) is 5.73 Å². The van der Waals surface area contributed by atoms with Crippen LogP contribution in [0.3, 0.4) is 0 Å². The fraction of sp³-hybridized carbons (Fsp3) is 0.750. The molecule has 64 heavy (non-hydrogen) atoms. The van der Waals surface area contributed by atoms with Crippen molar-refractivity contribution in [2.45, 2.75) is 231 Å². The van der Waals surface area contributed by atoms with Crippen LogP contribution in [0.25, 0.3) is 0 Å². The lowest BCUT2D eigenvalue weighted by Gasteiger charge is -2.20. The van der Waals surface area contributed by atoms with Crippen molar-refractivity contribution in [3.63, 3.8) is 0 Å². The number of nitrogens with two attached hydrogens (primary N) is 1.